The van der Waals surface area contributed by atoms with Crippen LogP contribution >= 0.6 is 11.8 Å². The maximum atomic E-state index is 5.60. The van der Waals surface area contributed by atoms with Crippen LogP contribution < -0.4 is 5.73 Å². The quantitative estimate of drug-likeness (QED) is 0.803. The van der Waals surface area contributed by atoms with Crippen molar-refractivity contribution in [3.05, 3.63) is 29.8 Å². The SMILES string of the molecule is NCc1ccc(SC2CCCCCC2)cc1. The fourth-order valence-electron chi connectivity index (χ4n) is 2.26. The monoisotopic (exact) mass is 235 g/mol. The van der Waals surface area contributed by atoms with Gasteiger partial charge in [-0.2, -0.15) is 0 Å². The van der Waals surface area contributed by atoms with Crippen LogP contribution in [0.1, 0.15) is 44.1 Å². The van der Waals surface area contributed by atoms with Crippen LogP contribution in [0.2, 0.25) is 0 Å². The summed E-state index contributed by atoms with van der Waals surface area (Å²) in [6.07, 6.45) is 8.48. The highest BCUT2D eigenvalue weighted by molar-refractivity contribution is 8.00. The maximum Gasteiger partial charge on any atom is 0.0178 e. The van der Waals surface area contributed by atoms with Gasteiger partial charge in [-0.15, -0.1) is 11.8 Å². The normalized spacial score (nSPS) is 18.3. The van der Waals surface area contributed by atoms with E-state index in [4.69, 9.17) is 5.73 Å². The summed E-state index contributed by atoms with van der Waals surface area (Å²) in [5, 5.41) is 0.839. The van der Waals surface area contributed by atoms with E-state index in [2.05, 4.69) is 36.0 Å². The first kappa shape index (κ1) is 12.0. The molecule has 0 unspecified atom stereocenters. The molecule has 2 heteroatoms. The van der Waals surface area contributed by atoms with Gasteiger partial charge in [0, 0.05) is 16.7 Å². The van der Waals surface area contributed by atoms with E-state index < -0.39 is 0 Å². The van der Waals surface area contributed by atoms with Gasteiger partial charge in [0.05, 0.1) is 0 Å². The Morgan fingerprint density at radius 3 is 2.19 bits per heavy atom. The molecule has 88 valence electrons. The van der Waals surface area contributed by atoms with Crippen LogP contribution in [0.3, 0.4) is 0 Å². The summed E-state index contributed by atoms with van der Waals surface area (Å²) in [5.74, 6) is 0. The van der Waals surface area contributed by atoms with Crippen LogP contribution in [0.15, 0.2) is 29.2 Å². The third-order valence-electron chi connectivity index (χ3n) is 3.26. The Balaban J connectivity index is 1.91. The molecule has 0 spiro atoms. The number of thioether (sulfide) groups is 1. The molecule has 0 heterocycles. The van der Waals surface area contributed by atoms with Crippen molar-refractivity contribution in [2.75, 3.05) is 0 Å². The van der Waals surface area contributed by atoms with Crippen LogP contribution in [0, 0.1) is 0 Å². The van der Waals surface area contributed by atoms with Gasteiger partial charge in [-0.05, 0) is 30.5 Å². The molecule has 0 radical (unpaired) electrons. The van der Waals surface area contributed by atoms with Gasteiger partial charge in [-0.3, -0.25) is 0 Å². The number of hydrogen-bond donors (Lipinski definition) is 1. The minimum atomic E-state index is 0.647. The predicted octanol–water partition coefficient (Wildman–Crippen LogP) is 3.96. The molecule has 16 heavy (non-hydrogen) atoms. The lowest BCUT2D eigenvalue weighted by Gasteiger charge is -2.13. The van der Waals surface area contributed by atoms with Crippen molar-refractivity contribution in [2.45, 2.75) is 55.2 Å². The Labute approximate surface area is 103 Å². The highest BCUT2D eigenvalue weighted by atomic mass is 32.2. The number of nitrogens with two attached hydrogens (primary N) is 1. The fraction of sp³-hybridized carbons (Fsp3) is 0.571. The average molecular weight is 235 g/mol. The fourth-order valence-corrected chi connectivity index (χ4v) is 3.50. The zero-order valence-corrected chi connectivity index (χ0v) is 10.6. The first-order valence-corrected chi connectivity index (χ1v) is 7.22. The summed E-state index contributed by atoms with van der Waals surface area (Å²) in [4.78, 5) is 1.41. The van der Waals surface area contributed by atoms with E-state index in [1.165, 1.54) is 49.0 Å². The predicted molar refractivity (Wildman–Crippen MR) is 71.7 cm³/mol. The second-order valence-electron chi connectivity index (χ2n) is 4.58. The van der Waals surface area contributed by atoms with E-state index in [-0.39, 0.29) is 0 Å². The Morgan fingerprint density at radius 1 is 1.00 bits per heavy atom. The van der Waals surface area contributed by atoms with Gasteiger partial charge in [0.1, 0.15) is 0 Å². The molecule has 1 saturated carbocycles. The lowest BCUT2D eigenvalue weighted by Crippen LogP contribution is -2.00. The molecule has 0 aromatic heterocycles. The molecule has 0 amide bonds. The summed E-state index contributed by atoms with van der Waals surface area (Å²) >= 11 is 2.06. The Bertz CT molecular complexity index is 299. The van der Waals surface area contributed by atoms with Crippen molar-refractivity contribution in [2.24, 2.45) is 5.73 Å². The molecule has 1 aromatic carbocycles. The van der Waals surface area contributed by atoms with Gasteiger partial charge < -0.3 is 5.73 Å². The van der Waals surface area contributed by atoms with Gasteiger partial charge in [-0.25, -0.2) is 0 Å². The lowest BCUT2D eigenvalue weighted by molar-refractivity contribution is 0.702. The molecule has 0 atom stereocenters. The van der Waals surface area contributed by atoms with Crippen molar-refractivity contribution >= 4 is 11.8 Å². The van der Waals surface area contributed by atoms with E-state index in [1.807, 2.05) is 0 Å². The lowest BCUT2D eigenvalue weighted by atomic mass is 10.2. The molecule has 1 aromatic rings. The van der Waals surface area contributed by atoms with Gasteiger partial charge in [-0.1, -0.05) is 37.8 Å². The van der Waals surface area contributed by atoms with Crippen molar-refractivity contribution in [3.8, 4) is 0 Å². The number of hydrogen-bond acceptors (Lipinski definition) is 2. The van der Waals surface area contributed by atoms with Gasteiger partial charge in [0.25, 0.3) is 0 Å². The molecule has 0 saturated heterocycles. The van der Waals surface area contributed by atoms with Crippen molar-refractivity contribution in [1.29, 1.82) is 0 Å². The maximum absolute atomic E-state index is 5.60. The van der Waals surface area contributed by atoms with Gasteiger partial charge in [0.15, 0.2) is 0 Å². The molecule has 0 aliphatic heterocycles. The zero-order valence-electron chi connectivity index (χ0n) is 9.82. The molecular formula is C14H21NS. The molecule has 1 aliphatic rings. The molecule has 2 rings (SSSR count). The van der Waals surface area contributed by atoms with Gasteiger partial charge in [0.2, 0.25) is 0 Å². The van der Waals surface area contributed by atoms with Crippen LogP contribution in [0.5, 0.6) is 0 Å². The van der Waals surface area contributed by atoms with E-state index >= 15 is 0 Å². The summed E-state index contributed by atoms with van der Waals surface area (Å²) in [6, 6.07) is 8.74. The van der Waals surface area contributed by atoms with E-state index in [9.17, 15) is 0 Å². The highest BCUT2D eigenvalue weighted by Crippen LogP contribution is 2.32. The number of benzene rings is 1. The molecule has 1 fully saturated rings. The molecular weight excluding hydrogens is 214 g/mol. The summed E-state index contributed by atoms with van der Waals surface area (Å²) in [6.45, 7) is 0.647. The zero-order chi connectivity index (χ0) is 11.2. The van der Waals surface area contributed by atoms with Crippen molar-refractivity contribution in [1.82, 2.24) is 0 Å². The average Bonchev–Trinajstić information content (AvgIpc) is 2.59. The minimum Gasteiger partial charge on any atom is -0.326 e. The molecule has 1 aliphatic carbocycles. The van der Waals surface area contributed by atoms with Crippen LogP contribution in [0.4, 0.5) is 0 Å². The molecule has 1 nitrogen and oxygen atoms in total. The van der Waals surface area contributed by atoms with Crippen molar-refractivity contribution < 1.29 is 0 Å². The number of rotatable bonds is 3. The van der Waals surface area contributed by atoms with Crippen LogP contribution in [-0.4, -0.2) is 5.25 Å². The second kappa shape index (κ2) is 6.31. The highest BCUT2D eigenvalue weighted by Gasteiger charge is 2.13. The largest absolute Gasteiger partial charge is 0.326 e. The summed E-state index contributed by atoms with van der Waals surface area (Å²) in [5.41, 5.74) is 6.83. The Hall–Kier alpha value is -0.470. The Kier molecular flexibility index (Phi) is 4.73. The third kappa shape index (κ3) is 3.53. The molecule has 0 bridgehead atoms. The topological polar surface area (TPSA) is 26.0 Å². The Morgan fingerprint density at radius 2 is 1.62 bits per heavy atom. The summed E-state index contributed by atoms with van der Waals surface area (Å²) < 4.78 is 0. The van der Waals surface area contributed by atoms with E-state index in [0.29, 0.717) is 6.54 Å². The van der Waals surface area contributed by atoms with Gasteiger partial charge >= 0.3 is 0 Å². The third-order valence-corrected chi connectivity index (χ3v) is 4.61. The standard InChI is InChI=1S/C14H21NS/c15-11-12-7-9-14(10-8-12)16-13-5-3-1-2-4-6-13/h7-10,13H,1-6,11,15H2. The first-order valence-electron chi connectivity index (χ1n) is 6.34. The first-order chi connectivity index (χ1) is 7.88. The smallest absolute Gasteiger partial charge is 0.0178 e. The minimum absolute atomic E-state index is 0.647. The summed E-state index contributed by atoms with van der Waals surface area (Å²) in [7, 11) is 0. The van der Waals surface area contributed by atoms with Crippen LogP contribution in [0.25, 0.3) is 0 Å². The molecule has 2 N–H and O–H groups in total. The second-order valence-corrected chi connectivity index (χ2v) is 5.95. The van der Waals surface area contributed by atoms with E-state index in [0.717, 1.165) is 5.25 Å². The van der Waals surface area contributed by atoms with Crippen LogP contribution in [-0.2, 0) is 6.54 Å². The van der Waals surface area contributed by atoms with E-state index in [1.54, 1.807) is 0 Å². The van der Waals surface area contributed by atoms with Crippen molar-refractivity contribution in [3.63, 3.8) is 0 Å².